The van der Waals surface area contributed by atoms with Gasteiger partial charge in [0.15, 0.2) is 11.9 Å². The van der Waals surface area contributed by atoms with Crippen molar-refractivity contribution in [1.82, 2.24) is 4.98 Å². The van der Waals surface area contributed by atoms with Gasteiger partial charge in [-0.1, -0.05) is 23.2 Å². The minimum absolute atomic E-state index is 0.169. The second-order valence-electron chi connectivity index (χ2n) is 4.74. The summed E-state index contributed by atoms with van der Waals surface area (Å²) in [6.07, 6.45) is 1.22. The van der Waals surface area contributed by atoms with E-state index in [1.807, 2.05) is 16.8 Å². The number of carbonyl (C=O) groups excluding carboxylic acids is 2. The highest BCUT2D eigenvalue weighted by molar-refractivity contribution is 7.07. The van der Waals surface area contributed by atoms with Crippen LogP contribution < -0.4 is 5.32 Å². The van der Waals surface area contributed by atoms with E-state index in [4.69, 9.17) is 27.9 Å². The van der Waals surface area contributed by atoms with Crippen LogP contribution in [0.25, 0.3) is 0 Å². The van der Waals surface area contributed by atoms with Crippen LogP contribution in [0.5, 0.6) is 0 Å². The molecule has 0 aliphatic rings. The molecule has 2 rings (SSSR count). The fraction of sp³-hybridized carbons (Fsp3) is 0.267. The van der Waals surface area contributed by atoms with Gasteiger partial charge in [0.05, 0.1) is 10.0 Å². The minimum Gasteiger partial charge on any atom is -0.453 e. The summed E-state index contributed by atoms with van der Waals surface area (Å²) >= 11 is 13.2. The minimum atomic E-state index is -0.946. The van der Waals surface area contributed by atoms with Crippen LogP contribution in [0, 0.1) is 0 Å². The van der Waals surface area contributed by atoms with Crippen molar-refractivity contribution in [2.24, 2.45) is 0 Å². The van der Waals surface area contributed by atoms with E-state index in [-0.39, 0.29) is 17.3 Å². The molecule has 0 bridgehead atoms. The standard InChI is InChI=1S/C15H14Cl2N2O3S/c1-9(22-13(20)3-2-10-4-5-23-8-10)15(21)19-14-12(17)6-11(16)7-18-14/h4-9H,2-3H2,1H3,(H,18,19,21)/t9-/m1/s1. The number of rotatable bonds is 6. The molecule has 8 heteroatoms. The fourth-order valence-corrected chi connectivity index (χ4v) is 2.85. The Kier molecular flexibility index (Phi) is 6.38. The molecule has 122 valence electrons. The first kappa shape index (κ1) is 17.7. The molecule has 0 aromatic carbocycles. The van der Waals surface area contributed by atoms with E-state index in [1.165, 1.54) is 19.2 Å². The normalized spacial score (nSPS) is 11.8. The fourth-order valence-electron chi connectivity index (χ4n) is 1.72. The first-order chi connectivity index (χ1) is 11.0. The van der Waals surface area contributed by atoms with E-state index in [0.29, 0.717) is 11.4 Å². The lowest BCUT2D eigenvalue weighted by molar-refractivity contribution is -0.153. The Morgan fingerprint density at radius 3 is 2.87 bits per heavy atom. The van der Waals surface area contributed by atoms with Crippen molar-refractivity contribution in [2.75, 3.05) is 5.32 Å². The number of hydrogen-bond acceptors (Lipinski definition) is 5. The van der Waals surface area contributed by atoms with Gasteiger partial charge in [-0.3, -0.25) is 9.59 Å². The predicted molar refractivity (Wildman–Crippen MR) is 91.1 cm³/mol. The highest BCUT2D eigenvalue weighted by Gasteiger charge is 2.19. The summed E-state index contributed by atoms with van der Waals surface area (Å²) < 4.78 is 5.10. The van der Waals surface area contributed by atoms with Crippen LogP contribution in [0.15, 0.2) is 29.1 Å². The number of hydrogen-bond donors (Lipinski definition) is 1. The Hall–Kier alpha value is -1.63. The van der Waals surface area contributed by atoms with Crippen LogP contribution >= 0.6 is 34.5 Å². The number of anilines is 1. The monoisotopic (exact) mass is 372 g/mol. The van der Waals surface area contributed by atoms with E-state index in [2.05, 4.69) is 10.3 Å². The lowest BCUT2D eigenvalue weighted by atomic mass is 10.2. The van der Waals surface area contributed by atoms with Crippen LogP contribution in [0.2, 0.25) is 10.0 Å². The number of nitrogens with zero attached hydrogens (tertiary/aromatic N) is 1. The van der Waals surface area contributed by atoms with E-state index >= 15 is 0 Å². The molecule has 0 aliphatic carbocycles. The van der Waals surface area contributed by atoms with Gasteiger partial charge in [0.25, 0.3) is 5.91 Å². The number of nitrogens with one attached hydrogen (secondary N) is 1. The molecular weight excluding hydrogens is 359 g/mol. The largest absolute Gasteiger partial charge is 0.453 e. The maximum atomic E-state index is 12.0. The van der Waals surface area contributed by atoms with Gasteiger partial charge in [0.1, 0.15) is 0 Å². The van der Waals surface area contributed by atoms with E-state index in [0.717, 1.165) is 5.56 Å². The molecule has 1 atom stereocenters. The molecule has 0 saturated carbocycles. The Bertz CT molecular complexity index is 692. The molecule has 23 heavy (non-hydrogen) atoms. The summed E-state index contributed by atoms with van der Waals surface area (Å²) in [7, 11) is 0. The predicted octanol–water partition coefficient (Wildman–Crippen LogP) is 3.95. The van der Waals surface area contributed by atoms with E-state index < -0.39 is 18.0 Å². The highest BCUT2D eigenvalue weighted by Crippen LogP contribution is 2.22. The van der Waals surface area contributed by atoms with Gasteiger partial charge >= 0.3 is 5.97 Å². The molecule has 2 aromatic rings. The Morgan fingerprint density at radius 2 is 2.22 bits per heavy atom. The summed E-state index contributed by atoms with van der Waals surface area (Å²) in [5.41, 5.74) is 1.07. The van der Waals surface area contributed by atoms with Crippen molar-refractivity contribution >= 4 is 52.2 Å². The molecule has 0 radical (unpaired) electrons. The van der Waals surface area contributed by atoms with Gasteiger partial charge < -0.3 is 10.1 Å². The lowest BCUT2D eigenvalue weighted by Gasteiger charge is -2.13. The second kappa shape index (κ2) is 8.29. The average Bonchev–Trinajstić information content (AvgIpc) is 3.01. The number of aromatic nitrogens is 1. The molecule has 0 spiro atoms. The molecular formula is C15H14Cl2N2O3S. The van der Waals surface area contributed by atoms with Crippen molar-refractivity contribution in [3.8, 4) is 0 Å². The first-order valence-electron chi connectivity index (χ1n) is 6.78. The number of ether oxygens (including phenoxy) is 1. The maximum Gasteiger partial charge on any atom is 0.306 e. The number of thiophene rings is 1. The van der Waals surface area contributed by atoms with Gasteiger partial charge in [0.2, 0.25) is 0 Å². The quantitative estimate of drug-likeness (QED) is 0.779. The first-order valence-corrected chi connectivity index (χ1v) is 8.48. The molecule has 0 aliphatic heterocycles. The molecule has 0 saturated heterocycles. The van der Waals surface area contributed by atoms with E-state index in [9.17, 15) is 9.59 Å². The molecule has 2 aromatic heterocycles. The lowest BCUT2D eigenvalue weighted by Crippen LogP contribution is -2.30. The van der Waals surface area contributed by atoms with E-state index in [1.54, 1.807) is 11.3 Å². The summed E-state index contributed by atoms with van der Waals surface area (Å²) in [5.74, 6) is -0.776. The third-order valence-electron chi connectivity index (χ3n) is 2.92. The van der Waals surface area contributed by atoms with Gasteiger partial charge in [-0.15, -0.1) is 0 Å². The highest BCUT2D eigenvalue weighted by atomic mass is 35.5. The Morgan fingerprint density at radius 1 is 1.43 bits per heavy atom. The van der Waals surface area contributed by atoms with Crippen LogP contribution in [0.1, 0.15) is 18.9 Å². The number of esters is 1. The zero-order valence-corrected chi connectivity index (χ0v) is 14.5. The smallest absolute Gasteiger partial charge is 0.306 e. The topological polar surface area (TPSA) is 68.3 Å². The number of halogens is 2. The Balaban J connectivity index is 1.83. The van der Waals surface area contributed by atoms with Crippen molar-refractivity contribution < 1.29 is 14.3 Å². The summed E-state index contributed by atoms with van der Waals surface area (Å²) in [6.45, 7) is 1.49. The maximum absolute atomic E-state index is 12.0. The third-order valence-corrected chi connectivity index (χ3v) is 4.15. The van der Waals surface area contributed by atoms with Crippen LogP contribution in [0.3, 0.4) is 0 Å². The van der Waals surface area contributed by atoms with Gasteiger partial charge in [-0.05, 0) is 41.8 Å². The molecule has 5 nitrogen and oxygen atoms in total. The molecule has 1 N–H and O–H groups in total. The summed E-state index contributed by atoms with van der Waals surface area (Å²) in [5, 5.41) is 6.98. The molecule has 0 unspecified atom stereocenters. The van der Waals surface area contributed by atoms with Gasteiger partial charge in [-0.2, -0.15) is 11.3 Å². The van der Waals surface area contributed by atoms with Crippen molar-refractivity contribution in [3.63, 3.8) is 0 Å². The molecule has 0 fully saturated rings. The zero-order chi connectivity index (χ0) is 16.8. The number of pyridine rings is 1. The average molecular weight is 373 g/mol. The number of carbonyl (C=O) groups is 2. The van der Waals surface area contributed by atoms with Gasteiger partial charge in [0, 0.05) is 12.6 Å². The van der Waals surface area contributed by atoms with Crippen LogP contribution in [-0.2, 0) is 20.7 Å². The van der Waals surface area contributed by atoms with Crippen LogP contribution in [0.4, 0.5) is 5.82 Å². The number of aryl methyl sites for hydroxylation is 1. The van der Waals surface area contributed by atoms with Crippen molar-refractivity contribution in [2.45, 2.75) is 25.9 Å². The second-order valence-corrected chi connectivity index (χ2v) is 6.36. The van der Waals surface area contributed by atoms with Crippen molar-refractivity contribution in [1.29, 1.82) is 0 Å². The number of amides is 1. The summed E-state index contributed by atoms with van der Waals surface area (Å²) in [4.78, 5) is 27.7. The zero-order valence-electron chi connectivity index (χ0n) is 12.2. The Labute approximate surface area is 147 Å². The third kappa shape index (κ3) is 5.49. The molecule has 2 heterocycles. The molecule has 1 amide bonds. The SMILES string of the molecule is C[C@@H](OC(=O)CCc1ccsc1)C(=O)Nc1ncc(Cl)cc1Cl. The summed E-state index contributed by atoms with van der Waals surface area (Å²) in [6, 6.07) is 3.41. The van der Waals surface area contributed by atoms with Crippen LogP contribution in [-0.4, -0.2) is 23.0 Å². The van der Waals surface area contributed by atoms with Gasteiger partial charge in [-0.25, -0.2) is 4.98 Å². The van der Waals surface area contributed by atoms with Crippen molar-refractivity contribution in [3.05, 3.63) is 44.7 Å².